The summed E-state index contributed by atoms with van der Waals surface area (Å²) in [7, 11) is 0. The van der Waals surface area contributed by atoms with Crippen LogP contribution in [0, 0.1) is 44.8 Å². The molecule has 1 aliphatic carbocycles. The second-order valence-electron chi connectivity index (χ2n) is 5.89. The number of rotatable bonds is 1. The number of nitrogens with zero attached hydrogens (tertiary/aromatic N) is 3. The summed E-state index contributed by atoms with van der Waals surface area (Å²) in [5, 5.41) is 42.4. The summed E-state index contributed by atoms with van der Waals surface area (Å²) < 4.78 is 0. The van der Waals surface area contributed by atoms with Gasteiger partial charge in [-0.1, -0.05) is 46.3 Å². The molecular formula is C16H11BrN4O2. The molecule has 1 saturated heterocycles. The Bertz CT molecular complexity index is 792. The average Bonchev–Trinajstić information content (AvgIpc) is 2.82. The van der Waals surface area contributed by atoms with E-state index in [0.29, 0.717) is 5.56 Å². The SMILES string of the molecule is N#CC1(C#N)[C@@H](c2ccccc2)[C@@H](Br)[C@]2(O)C[C@]1(C#N)C(=O)N2. The van der Waals surface area contributed by atoms with Gasteiger partial charge in [-0.15, -0.1) is 0 Å². The van der Waals surface area contributed by atoms with Crippen LogP contribution >= 0.6 is 15.9 Å². The van der Waals surface area contributed by atoms with E-state index < -0.39 is 33.2 Å². The van der Waals surface area contributed by atoms with Gasteiger partial charge in [-0.3, -0.25) is 4.79 Å². The van der Waals surface area contributed by atoms with E-state index in [1.165, 1.54) is 0 Å². The third-order valence-electron chi connectivity index (χ3n) is 4.84. The van der Waals surface area contributed by atoms with Gasteiger partial charge in [0.15, 0.2) is 16.6 Å². The van der Waals surface area contributed by atoms with Crippen molar-refractivity contribution < 1.29 is 9.90 Å². The van der Waals surface area contributed by atoms with E-state index in [0.717, 1.165) is 0 Å². The maximum Gasteiger partial charge on any atom is 0.245 e. The van der Waals surface area contributed by atoms with Crippen molar-refractivity contribution in [1.29, 1.82) is 15.8 Å². The molecular weight excluding hydrogens is 360 g/mol. The molecule has 0 spiro atoms. The highest BCUT2D eigenvalue weighted by molar-refractivity contribution is 9.09. The number of hydrogen-bond acceptors (Lipinski definition) is 5. The molecule has 1 aromatic carbocycles. The first kappa shape index (κ1) is 15.5. The second-order valence-corrected chi connectivity index (χ2v) is 6.88. The van der Waals surface area contributed by atoms with Crippen LogP contribution in [-0.2, 0) is 4.79 Å². The molecule has 1 aromatic rings. The molecule has 1 saturated carbocycles. The fourth-order valence-electron chi connectivity index (χ4n) is 3.69. The number of hydrogen-bond donors (Lipinski definition) is 2. The lowest BCUT2D eigenvalue weighted by Gasteiger charge is -2.47. The zero-order valence-electron chi connectivity index (χ0n) is 11.8. The van der Waals surface area contributed by atoms with Crippen LogP contribution < -0.4 is 5.32 Å². The first-order valence-electron chi connectivity index (χ1n) is 6.88. The average molecular weight is 371 g/mol. The van der Waals surface area contributed by atoms with Crippen molar-refractivity contribution in [3.8, 4) is 18.2 Å². The maximum atomic E-state index is 12.5. The quantitative estimate of drug-likeness (QED) is 0.721. The predicted octanol–water partition coefficient (Wildman–Crippen LogP) is 1.30. The van der Waals surface area contributed by atoms with Crippen molar-refractivity contribution >= 4 is 21.8 Å². The van der Waals surface area contributed by atoms with Crippen molar-refractivity contribution in [3.05, 3.63) is 35.9 Å². The van der Waals surface area contributed by atoms with Crippen molar-refractivity contribution in [3.63, 3.8) is 0 Å². The molecule has 1 heterocycles. The Labute approximate surface area is 141 Å². The molecule has 114 valence electrons. The van der Waals surface area contributed by atoms with Gasteiger partial charge in [0.1, 0.15) is 0 Å². The van der Waals surface area contributed by atoms with Crippen molar-refractivity contribution in [2.75, 3.05) is 0 Å². The summed E-state index contributed by atoms with van der Waals surface area (Å²) in [5.74, 6) is -1.63. The van der Waals surface area contributed by atoms with Crippen molar-refractivity contribution in [1.82, 2.24) is 5.32 Å². The molecule has 2 N–H and O–H groups in total. The number of benzene rings is 1. The second kappa shape index (κ2) is 4.80. The number of carbonyl (C=O) groups is 1. The molecule has 2 aliphatic rings. The maximum absolute atomic E-state index is 12.5. The van der Waals surface area contributed by atoms with Gasteiger partial charge in [-0.05, 0) is 5.56 Å². The molecule has 0 aromatic heterocycles. The van der Waals surface area contributed by atoms with E-state index in [-0.39, 0.29) is 6.42 Å². The van der Waals surface area contributed by atoms with E-state index in [1.54, 1.807) is 30.3 Å². The van der Waals surface area contributed by atoms with E-state index in [1.807, 2.05) is 18.2 Å². The summed E-state index contributed by atoms with van der Waals surface area (Å²) in [6.07, 6.45) is -0.310. The topological polar surface area (TPSA) is 121 Å². The summed E-state index contributed by atoms with van der Waals surface area (Å²) in [5.41, 5.74) is -4.92. The largest absolute Gasteiger partial charge is 0.370 e. The minimum atomic E-state index is -1.92. The normalized spacial score (nSPS) is 37.1. The number of nitrogens with one attached hydrogen (secondary N) is 1. The van der Waals surface area contributed by atoms with E-state index in [2.05, 4.69) is 21.2 Å². The van der Waals surface area contributed by atoms with Crippen LogP contribution in [0.2, 0.25) is 0 Å². The zero-order chi connectivity index (χ0) is 16.9. The molecule has 2 fully saturated rings. The van der Waals surface area contributed by atoms with Crippen LogP contribution in [0.1, 0.15) is 17.9 Å². The Morgan fingerprint density at radius 3 is 2.30 bits per heavy atom. The summed E-state index contributed by atoms with van der Waals surface area (Å²) >= 11 is 3.36. The first-order chi connectivity index (χ1) is 10.9. The smallest absolute Gasteiger partial charge is 0.245 e. The molecule has 2 bridgehead atoms. The lowest BCUT2D eigenvalue weighted by atomic mass is 9.51. The Morgan fingerprint density at radius 2 is 1.78 bits per heavy atom. The summed E-state index contributed by atoms with van der Waals surface area (Å²) in [6, 6.07) is 14.4. The summed E-state index contributed by atoms with van der Waals surface area (Å²) in [4.78, 5) is 11.7. The van der Waals surface area contributed by atoms with Crippen LogP contribution in [0.4, 0.5) is 0 Å². The van der Waals surface area contributed by atoms with Gasteiger partial charge in [0.25, 0.3) is 0 Å². The van der Waals surface area contributed by atoms with Gasteiger partial charge in [0.2, 0.25) is 5.91 Å². The first-order valence-corrected chi connectivity index (χ1v) is 7.80. The van der Waals surface area contributed by atoms with Crippen molar-refractivity contribution in [2.24, 2.45) is 10.8 Å². The van der Waals surface area contributed by atoms with Crippen LogP contribution in [0.25, 0.3) is 0 Å². The standard InChI is InChI=1S/C16H11BrN4O2/c17-12-11(10-4-2-1-3-5-10)15(8-19,9-20)14(7-18)6-16(12,23)21-13(14)22/h1-5,11-12,23H,6H2,(H,21,22)/t11-,12+,14-,16+/m0/s1. The molecule has 4 atom stereocenters. The molecule has 7 heteroatoms. The molecule has 1 amide bonds. The fraction of sp³-hybridized carbons (Fsp3) is 0.375. The molecule has 1 aliphatic heterocycles. The van der Waals surface area contributed by atoms with E-state index in [4.69, 9.17) is 0 Å². The van der Waals surface area contributed by atoms with Gasteiger partial charge in [-0.2, -0.15) is 15.8 Å². The Morgan fingerprint density at radius 1 is 1.17 bits per heavy atom. The van der Waals surface area contributed by atoms with Crippen molar-refractivity contribution in [2.45, 2.75) is 22.9 Å². The lowest BCUT2D eigenvalue weighted by molar-refractivity contribution is -0.128. The third-order valence-corrected chi connectivity index (χ3v) is 6.13. The molecule has 6 nitrogen and oxygen atoms in total. The van der Waals surface area contributed by atoms with Gasteiger partial charge in [0.05, 0.1) is 23.0 Å². The van der Waals surface area contributed by atoms with Gasteiger partial charge in [-0.25, -0.2) is 0 Å². The fourth-order valence-corrected chi connectivity index (χ4v) is 4.67. The van der Waals surface area contributed by atoms with Crippen LogP contribution in [0.3, 0.4) is 0 Å². The third kappa shape index (κ3) is 1.65. The summed E-state index contributed by atoms with van der Waals surface area (Å²) in [6.45, 7) is 0. The highest BCUT2D eigenvalue weighted by Gasteiger charge is 2.76. The highest BCUT2D eigenvalue weighted by Crippen LogP contribution is 2.63. The number of amides is 1. The van der Waals surface area contributed by atoms with Gasteiger partial charge >= 0.3 is 0 Å². The molecule has 0 radical (unpaired) electrons. The number of carbonyl (C=O) groups excluding carboxylic acids is 1. The Hall–Kier alpha value is -2.40. The zero-order valence-corrected chi connectivity index (χ0v) is 13.4. The number of nitriles is 3. The minimum Gasteiger partial charge on any atom is -0.370 e. The van der Waals surface area contributed by atoms with Crippen LogP contribution in [0.15, 0.2) is 30.3 Å². The van der Waals surface area contributed by atoms with Gasteiger partial charge in [0, 0.05) is 12.3 Å². The number of halogens is 1. The minimum absolute atomic E-state index is 0.310. The molecule has 3 rings (SSSR count). The Balaban J connectivity index is 2.35. The van der Waals surface area contributed by atoms with Gasteiger partial charge < -0.3 is 10.4 Å². The van der Waals surface area contributed by atoms with Crippen LogP contribution in [0.5, 0.6) is 0 Å². The number of aliphatic hydroxyl groups is 1. The Kier molecular flexibility index (Phi) is 3.23. The number of alkyl halides is 1. The molecule has 23 heavy (non-hydrogen) atoms. The van der Waals surface area contributed by atoms with E-state index in [9.17, 15) is 25.7 Å². The van der Waals surface area contributed by atoms with E-state index >= 15 is 0 Å². The number of fused-ring (bicyclic) bond motifs is 2. The van der Waals surface area contributed by atoms with Crippen LogP contribution in [-0.4, -0.2) is 21.6 Å². The highest BCUT2D eigenvalue weighted by atomic mass is 79.9. The predicted molar refractivity (Wildman–Crippen MR) is 81.3 cm³/mol. The monoisotopic (exact) mass is 370 g/mol. The molecule has 0 unspecified atom stereocenters. The lowest BCUT2D eigenvalue weighted by Crippen LogP contribution is -2.58.